The summed E-state index contributed by atoms with van der Waals surface area (Å²) >= 11 is 0. The summed E-state index contributed by atoms with van der Waals surface area (Å²) in [6.45, 7) is 8.40. The van der Waals surface area contributed by atoms with Crippen molar-refractivity contribution in [1.82, 2.24) is 19.8 Å². The predicted molar refractivity (Wildman–Crippen MR) is 88.0 cm³/mol. The molecule has 0 spiro atoms. The van der Waals surface area contributed by atoms with Gasteiger partial charge in [0.2, 0.25) is 5.91 Å². The fraction of sp³-hybridized carbons (Fsp3) is 0.765. The molecule has 1 saturated heterocycles. The minimum absolute atomic E-state index is 0.113. The normalized spacial score (nSPS) is 23.0. The van der Waals surface area contributed by atoms with Crippen LogP contribution < -0.4 is 5.32 Å². The van der Waals surface area contributed by atoms with Gasteiger partial charge in [-0.15, -0.1) is 0 Å². The van der Waals surface area contributed by atoms with Crippen LogP contribution in [0.2, 0.25) is 0 Å². The number of rotatable bonds is 4. The standard InChI is InChI=1S/C17H28N4O2/c1-12(2)19-17(22)14-9-21(8-13-4-6-23-7-5-13)10-15-16(14)20(3)11-18-15/h11-14H,4-10H2,1-3H3,(H,19,22)/t14-/m1/s1. The Morgan fingerprint density at radius 3 is 2.87 bits per heavy atom. The molecule has 1 N–H and O–H groups in total. The predicted octanol–water partition coefficient (Wildman–Crippen LogP) is 1.27. The Kier molecular flexibility index (Phi) is 5.02. The van der Waals surface area contributed by atoms with Gasteiger partial charge in [-0.2, -0.15) is 0 Å². The monoisotopic (exact) mass is 320 g/mol. The van der Waals surface area contributed by atoms with Crippen molar-refractivity contribution in [2.24, 2.45) is 13.0 Å². The Morgan fingerprint density at radius 1 is 1.43 bits per heavy atom. The third kappa shape index (κ3) is 3.75. The van der Waals surface area contributed by atoms with E-state index in [4.69, 9.17) is 4.74 Å². The molecule has 1 atom stereocenters. The molecule has 2 aliphatic heterocycles. The number of carbonyl (C=O) groups excluding carboxylic acids is 1. The first kappa shape index (κ1) is 16.5. The van der Waals surface area contributed by atoms with Crippen LogP contribution in [0.5, 0.6) is 0 Å². The molecule has 3 rings (SSSR count). The maximum Gasteiger partial charge on any atom is 0.230 e. The zero-order valence-electron chi connectivity index (χ0n) is 14.4. The molecule has 0 saturated carbocycles. The van der Waals surface area contributed by atoms with Gasteiger partial charge in [0.05, 0.1) is 23.6 Å². The van der Waals surface area contributed by atoms with Crippen molar-refractivity contribution >= 4 is 5.91 Å². The second-order valence-corrected chi connectivity index (χ2v) is 7.15. The summed E-state index contributed by atoms with van der Waals surface area (Å²) in [6.07, 6.45) is 4.07. The molecule has 3 heterocycles. The molecule has 0 aromatic carbocycles. The summed E-state index contributed by atoms with van der Waals surface area (Å²) in [6, 6.07) is 0.157. The number of hydrogen-bond acceptors (Lipinski definition) is 4. The van der Waals surface area contributed by atoms with E-state index in [1.165, 1.54) is 0 Å². The lowest BCUT2D eigenvalue weighted by molar-refractivity contribution is -0.124. The third-order valence-electron chi connectivity index (χ3n) is 4.81. The van der Waals surface area contributed by atoms with Gasteiger partial charge in [0.15, 0.2) is 0 Å². The summed E-state index contributed by atoms with van der Waals surface area (Å²) < 4.78 is 7.46. The van der Waals surface area contributed by atoms with Crippen LogP contribution in [0.4, 0.5) is 0 Å². The van der Waals surface area contributed by atoms with Gasteiger partial charge in [-0.25, -0.2) is 4.98 Å². The van der Waals surface area contributed by atoms with E-state index in [-0.39, 0.29) is 17.9 Å². The van der Waals surface area contributed by atoms with Gasteiger partial charge in [0.1, 0.15) is 0 Å². The largest absolute Gasteiger partial charge is 0.381 e. The first-order valence-corrected chi connectivity index (χ1v) is 8.65. The lowest BCUT2D eigenvalue weighted by Crippen LogP contribution is -2.45. The number of aromatic nitrogens is 2. The SMILES string of the molecule is CC(C)NC(=O)[C@@H]1CN(CC2CCOCC2)Cc2ncn(C)c21. The van der Waals surface area contributed by atoms with Gasteiger partial charge >= 0.3 is 0 Å². The van der Waals surface area contributed by atoms with Crippen LogP contribution in [-0.2, 0) is 23.1 Å². The molecule has 23 heavy (non-hydrogen) atoms. The summed E-state index contributed by atoms with van der Waals surface area (Å²) in [4.78, 5) is 19.6. The lowest BCUT2D eigenvalue weighted by atomic mass is 9.94. The number of aryl methyl sites for hydroxylation is 1. The molecule has 0 radical (unpaired) electrons. The smallest absolute Gasteiger partial charge is 0.230 e. The zero-order valence-corrected chi connectivity index (χ0v) is 14.4. The maximum absolute atomic E-state index is 12.7. The number of nitrogens with zero attached hydrogens (tertiary/aromatic N) is 3. The van der Waals surface area contributed by atoms with Crippen molar-refractivity contribution in [3.05, 3.63) is 17.7 Å². The van der Waals surface area contributed by atoms with Crippen LogP contribution in [0.1, 0.15) is 44.0 Å². The van der Waals surface area contributed by atoms with Crippen molar-refractivity contribution in [2.45, 2.75) is 45.2 Å². The quantitative estimate of drug-likeness (QED) is 0.908. The average Bonchev–Trinajstić information content (AvgIpc) is 2.88. The number of carbonyl (C=O) groups is 1. The molecule has 1 fully saturated rings. The van der Waals surface area contributed by atoms with Crippen molar-refractivity contribution in [3.63, 3.8) is 0 Å². The summed E-state index contributed by atoms with van der Waals surface area (Å²) in [7, 11) is 1.98. The van der Waals surface area contributed by atoms with Gasteiger partial charge < -0.3 is 14.6 Å². The summed E-state index contributed by atoms with van der Waals surface area (Å²) in [5.41, 5.74) is 2.13. The van der Waals surface area contributed by atoms with Gasteiger partial charge in [-0.1, -0.05) is 0 Å². The molecular formula is C17H28N4O2. The van der Waals surface area contributed by atoms with Crippen LogP contribution in [0.15, 0.2) is 6.33 Å². The molecular weight excluding hydrogens is 292 g/mol. The molecule has 6 nitrogen and oxygen atoms in total. The summed E-state index contributed by atoms with van der Waals surface area (Å²) in [5, 5.41) is 3.07. The highest BCUT2D eigenvalue weighted by Gasteiger charge is 2.34. The Labute approximate surface area is 138 Å². The highest BCUT2D eigenvalue weighted by molar-refractivity contribution is 5.84. The van der Waals surface area contributed by atoms with Gasteiger partial charge in [-0.05, 0) is 32.6 Å². The van der Waals surface area contributed by atoms with E-state index in [1.54, 1.807) is 0 Å². The first-order chi connectivity index (χ1) is 11.0. The van der Waals surface area contributed by atoms with E-state index < -0.39 is 0 Å². The van der Waals surface area contributed by atoms with E-state index in [2.05, 4.69) is 15.2 Å². The van der Waals surface area contributed by atoms with E-state index in [0.717, 1.165) is 57.1 Å². The maximum atomic E-state index is 12.7. The number of nitrogens with one attached hydrogen (secondary N) is 1. The molecule has 2 aliphatic rings. The van der Waals surface area contributed by atoms with Crippen molar-refractivity contribution in [2.75, 3.05) is 26.3 Å². The van der Waals surface area contributed by atoms with Gasteiger partial charge in [-0.3, -0.25) is 9.69 Å². The Morgan fingerprint density at radius 2 is 2.17 bits per heavy atom. The van der Waals surface area contributed by atoms with Crippen LogP contribution in [0, 0.1) is 5.92 Å². The second-order valence-electron chi connectivity index (χ2n) is 7.15. The number of amides is 1. The van der Waals surface area contributed by atoms with Crippen LogP contribution in [-0.4, -0.2) is 52.7 Å². The van der Waals surface area contributed by atoms with E-state index in [0.29, 0.717) is 5.92 Å². The highest BCUT2D eigenvalue weighted by atomic mass is 16.5. The Balaban J connectivity index is 1.74. The first-order valence-electron chi connectivity index (χ1n) is 8.65. The molecule has 1 aromatic rings. The fourth-order valence-corrected chi connectivity index (χ4v) is 3.70. The molecule has 1 aromatic heterocycles. The molecule has 0 aliphatic carbocycles. The molecule has 6 heteroatoms. The number of hydrogen-bond donors (Lipinski definition) is 1. The summed E-state index contributed by atoms with van der Waals surface area (Å²) in [5.74, 6) is 0.651. The molecule has 0 bridgehead atoms. The number of imidazole rings is 1. The topological polar surface area (TPSA) is 59.4 Å². The van der Waals surface area contributed by atoms with Gasteiger partial charge in [0, 0.05) is 45.9 Å². The van der Waals surface area contributed by atoms with E-state index >= 15 is 0 Å². The van der Waals surface area contributed by atoms with Crippen LogP contribution >= 0.6 is 0 Å². The minimum Gasteiger partial charge on any atom is -0.381 e. The van der Waals surface area contributed by atoms with Crippen molar-refractivity contribution < 1.29 is 9.53 Å². The molecule has 1 amide bonds. The fourth-order valence-electron chi connectivity index (χ4n) is 3.70. The lowest BCUT2D eigenvalue weighted by Gasteiger charge is -2.35. The van der Waals surface area contributed by atoms with E-state index in [9.17, 15) is 4.79 Å². The van der Waals surface area contributed by atoms with E-state index in [1.807, 2.05) is 31.8 Å². The Bertz CT molecular complexity index is 549. The van der Waals surface area contributed by atoms with Crippen LogP contribution in [0.25, 0.3) is 0 Å². The Hall–Kier alpha value is -1.40. The zero-order chi connectivity index (χ0) is 16.4. The molecule has 0 unspecified atom stereocenters. The average molecular weight is 320 g/mol. The third-order valence-corrected chi connectivity index (χ3v) is 4.81. The number of ether oxygens (including phenoxy) is 1. The van der Waals surface area contributed by atoms with Crippen molar-refractivity contribution in [3.8, 4) is 0 Å². The number of fused-ring (bicyclic) bond motifs is 1. The molecule has 128 valence electrons. The second kappa shape index (κ2) is 7.01. The highest BCUT2D eigenvalue weighted by Crippen LogP contribution is 2.29. The minimum atomic E-state index is -0.131. The van der Waals surface area contributed by atoms with Crippen molar-refractivity contribution in [1.29, 1.82) is 0 Å². The van der Waals surface area contributed by atoms with Crippen LogP contribution in [0.3, 0.4) is 0 Å². The van der Waals surface area contributed by atoms with Gasteiger partial charge in [0.25, 0.3) is 0 Å².